The molecule has 3 rings (SSSR count). The van der Waals surface area contributed by atoms with Crippen LogP contribution in [0.4, 0.5) is 0 Å². The summed E-state index contributed by atoms with van der Waals surface area (Å²) in [4.78, 5) is 0. The van der Waals surface area contributed by atoms with Crippen LogP contribution in [0.15, 0.2) is 60.7 Å². The summed E-state index contributed by atoms with van der Waals surface area (Å²) in [7, 11) is -1.72. The second-order valence-corrected chi connectivity index (χ2v) is 13.1. The zero-order valence-electron chi connectivity index (χ0n) is 16.7. The zero-order chi connectivity index (χ0) is 18.6. The molecule has 0 saturated heterocycles. The van der Waals surface area contributed by atoms with Gasteiger partial charge in [-0.25, -0.2) is 0 Å². The van der Waals surface area contributed by atoms with Gasteiger partial charge in [-0.05, 0) is 41.5 Å². The van der Waals surface area contributed by atoms with E-state index in [9.17, 15) is 0 Å². The van der Waals surface area contributed by atoms with Crippen LogP contribution < -0.4 is 9.92 Å². The Morgan fingerprint density at radius 2 is 2.08 bits per heavy atom. The lowest BCUT2D eigenvalue weighted by Crippen LogP contribution is -2.48. The summed E-state index contributed by atoms with van der Waals surface area (Å²) in [6.45, 7) is 11.8. The molecule has 1 saturated carbocycles. The summed E-state index contributed by atoms with van der Waals surface area (Å²) in [5.41, 5.74) is 2.47. The fraction of sp³-hybridized carbons (Fsp3) is 0.500. The molecule has 0 spiro atoms. The molecule has 2 aliphatic carbocycles. The average Bonchev–Trinajstić information content (AvgIpc) is 3.04. The fourth-order valence-electron chi connectivity index (χ4n) is 5.26. The molecule has 26 heavy (non-hydrogen) atoms. The average molecular weight is 367 g/mol. The molecule has 0 amide bonds. The van der Waals surface area contributed by atoms with Gasteiger partial charge in [0.15, 0.2) is 0 Å². The molecule has 0 heterocycles. The lowest BCUT2D eigenvalue weighted by atomic mass is 9.94. The standard InChI is InChI=1S/C24H34OSi/c1-5-7-12-20-18-19-13-8-9-14-21(19)24(20)26(3,4)23-16-11-10-15-22(23)25-17-6-2/h6,8-11,14-16,19-20,24H,2,5,7,12-13,17-18H2,1,3-4H3. The SMILES string of the molecule is C=CCOc1ccccc1[Si](C)(C)C1C2=CC=CCC2CC1CCCC. The van der Waals surface area contributed by atoms with Crippen LogP contribution in [-0.2, 0) is 0 Å². The molecule has 0 aromatic heterocycles. The minimum atomic E-state index is -1.72. The Labute approximate surface area is 160 Å². The molecule has 0 radical (unpaired) electrons. The van der Waals surface area contributed by atoms with Crippen LogP contribution in [0.1, 0.15) is 39.0 Å². The van der Waals surface area contributed by atoms with Crippen LogP contribution in [0.2, 0.25) is 18.6 Å². The normalized spacial score (nSPS) is 24.9. The number of benzene rings is 1. The first-order chi connectivity index (χ1) is 12.6. The molecule has 140 valence electrons. The third kappa shape index (κ3) is 3.76. The molecule has 0 aliphatic heterocycles. The maximum absolute atomic E-state index is 6.07. The molecule has 1 aromatic carbocycles. The van der Waals surface area contributed by atoms with E-state index >= 15 is 0 Å². The van der Waals surface area contributed by atoms with Crippen LogP contribution in [0, 0.1) is 11.8 Å². The highest BCUT2D eigenvalue weighted by atomic mass is 28.3. The van der Waals surface area contributed by atoms with Gasteiger partial charge in [-0.2, -0.15) is 0 Å². The number of ether oxygens (including phenoxy) is 1. The van der Waals surface area contributed by atoms with E-state index in [4.69, 9.17) is 4.74 Å². The predicted octanol–water partition coefficient (Wildman–Crippen LogP) is 6.25. The fourth-order valence-corrected chi connectivity index (χ4v) is 9.55. The highest BCUT2D eigenvalue weighted by Gasteiger charge is 2.48. The summed E-state index contributed by atoms with van der Waals surface area (Å²) in [5.74, 6) is 2.69. The van der Waals surface area contributed by atoms with E-state index in [0.29, 0.717) is 6.61 Å². The monoisotopic (exact) mass is 366 g/mol. The van der Waals surface area contributed by atoms with Gasteiger partial charge < -0.3 is 4.74 Å². The van der Waals surface area contributed by atoms with Gasteiger partial charge in [0.2, 0.25) is 0 Å². The van der Waals surface area contributed by atoms with Gasteiger partial charge in [-0.15, -0.1) is 0 Å². The number of hydrogen-bond donors (Lipinski definition) is 0. The second-order valence-electron chi connectivity index (χ2n) is 8.46. The Morgan fingerprint density at radius 3 is 2.85 bits per heavy atom. The lowest BCUT2D eigenvalue weighted by Gasteiger charge is -2.37. The first-order valence-corrected chi connectivity index (χ1v) is 13.4. The first kappa shape index (κ1) is 19.2. The molecule has 2 aliphatic rings. The van der Waals surface area contributed by atoms with Gasteiger partial charge in [0, 0.05) is 0 Å². The van der Waals surface area contributed by atoms with E-state index in [1.54, 1.807) is 5.57 Å². The van der Waals surface area contributed by atoms with Crippen molar-refractivity contribution in [2.75, 3.05) is 6.61 Å². The summed E-state index contributed by atoms with van der Waals surface area (Å²) >= 11 is 0. The largest absolute Gasteiger partial charge is 0.490 e. The molecule has 1 fully saturated rings. The van der Waals surface area contributed by atoms with Crippen molar-refractivity contribution in [3.8, 4) is 5.75 Å². The lowest BCUT2D eigenvalue weighted by molar-refractivity contribution is 0.365. The zero-order valence-corrected chi connectivity index (χ0v) is 17.7. The van der Waals surface area contributed by atoms with Gasteiger partial charge in [-0.1, -0.05) is 93.9 Å². The van der Waals surface area contributed by atoms with Crippen LogP contribution in [0.3, 0.4) is 0 Å². The minimum Gasteiger partial charge on any atom is -0.490 e. The number of hydrogen-bond acceptors (Lipinski definition) is 1. The van der Waals surface area contributed by atoms with Crippen LogP contribution in [0.25, 0.3) is 0 Å². The minimum absolute atomic E-state index is 0.583. The third-order valence-electron chi connectivity index (χ3n) is 6.38. The van der Waals surface area contributed by atoms with E-state index in [1.165, 1.54) is 37.3 Å². The second kappa shape index (κ2) is 8.43. The summed E-state index contributed by atoms with van der Waals surface area (Å²) < 4.78 is 6.07. The molecule has 0 bridgehead atoms. The van der Waals surface area contributed by atoms with E-state index in [0.717, 1.165) is 23.1 Å². The Balaban J connectivity index is 1.98. The van der Waals surface area contributed by atoms with Crippen molar-refractivity contribution in [2.45, 2.75) is 57.7 Å². The summed E-state index contributed by atoms with van der Waals surface area (Å²) in [6.07, 6.45) is 15.6. The number of allylic oxidation sites excluding steroid dienone is 4. The third-order valence-corrected chi connectivity index (χ3v) is 10.5. The molecule has 1 nitrogen and oxygen atoms in total. The van der Waals surface area contributed by atoms with E-state index in [-0.39, 0.29) is 0 Å². The number of unbranched alkanes of at least 4 members (excludes halogenated alkanes) is 1. The number of fused-ring (bicyclic) bond motifs is 1. The smallest absolute Gasteiger partial charge is 0.119 e. The van der Waals surface area contributed by atoms with E-state index in [1.807, 2.05) is 6.08 Å². The van der Waals surface area contributed by atoms with Crippen molar-refractivity contribution in [2.24, 2.45) is 11.8 Å². The van der Waals surface area contributed by atoms with Crippen molar-refractivity contribution in [3.05, 3.63) is 60.7 Å². The van der Waals surface area contributed by atoms with E-state index < -0.39 is 8.07 Å². The van der Waals surface area contributed by atoms with Gasteiger partial charge in [0.1, 0.15) is 12.4 Å². The Bertz CT molecular complexity index is 685. The molecular formula is C24H34OSi. The quantitative estimate of drug-likeness (QED) is 0.390. The number of para-hydroxylation sites is 1. The van der Waals surface area contributed by atoms with Crippen molar-refractivity contribution >= 4 is 13.3 Å². The van der Waals surface area contributed by atoms with Crippen LogP contribution in [0.5, 0.6) is 5.75 Å². The van der Waals surface area contributed by atoms with Crippen LogP contribution in [-0.4, -0.2) is 14.7 Å². The van der Waals surface area contributed by atoms with Gasteiger partial charge >= 0.3 is 0 Å². The van der Waals surface area contributed by atoms with Crippen LogP contribution >= 0.6 is 0 Å². The Morgan fingerprint density at radius 1 is 1.27 bits per heavy atom. The maximum Gasteiger partial charge on any atom is 0.119 e. The Hall–Kier alpha value is -1.54. The highest BCUT2D eigenvalue weighted by molar-refractivity contribution is 6.92. The van der Waals surface area contributed by atoms with Gasteiger partial charge in [0.25, 0.3) is 0 Å². The maximum atomic E-state index is 6.07. The highest BCUT2D eigenvalue weighted by Crippen LogP contribution is 2.54. The topological polar surface area (TPSA) is 9.23 Å². The summed E-state index contributed by atoms with van der Waals surface area (Å²) in [5, 5.41) is 1.48. The van der Waals surface area contributed by atoms with Gasteiger partial charge in [0.05, 0.1) is 8.07 Å². The molecule has 3 atom stereocenters. The number of rotatable bonds is 8. The molecule has 2 heteroatoms. The van der Waals surface area contributed by atoms with Crippen molar-refractivity contribution < 1.29 is 4.74 Å². The predicted molar refractivity (Wildman–Crippen MR) is 116 cm³/mol. The first-order valence-electron chi connectivity index (χ1n) is 10.3. The Kier molecular flexibility index (Phi) is 6.23. The van der Waals surface area contributed by atoms with E-state index in [2.05, 4.69) is 69.1 Å². The van der Waals surface area contributed by atoms with Crippen molar-refractivity contribution in [1.29, 1.82) is 0 Å². The molecule has 0 N–H and O–H groups in total. The van der Waals surface area contributed by atoms with Gasteiger partial charge in [-0.3, -0.25) is 0 Å². The summed E-state index contributed by atoms with van der Waals surface area (Å²) in [6, 6.07) is 8.76. The molecule has 1 aromatic rings. The van der Waals surface area contributed by atoms with Crippen molar-refractivity contribution in [1.82, 2.24) is 0 Å². The van der Waals surface area contributed by atoms with Crippen molar-refractivity contribution in [3.63, 3.8) is 0 Å². The molecule has 3 unspecified atom stereocenters. The molecular weight excluding hydrogens is 332 g/mol.